The Hall–Kier alpha value is -1.56. The predicted molar refractivity (Wildman–Crippen MR) is 97.9 cm³/mol. The van der Waals surface area contributed by atoms with Crippen LogP contribution in [-0.4, -0.2) is 32.6 Å². The lowest BCUT2D eigenvalue weighted by atomic mass is 10.0. The van der Waals surface area contributed by atoms with Crippen LogP contribution in [0.5, 0.6) is 0 Å². The number of amides is 1. The molecule has 0 radical (unpaired) electrons. The maximum atomic E-state index is 12.7. The number of fused-ring (bicyclic) bond motifs is 1. The van der Waals surface area contributed by atoms with Crippen molar-refractivity contribution in [3.63, 3.8) is 0 Å². The topological polar surface area (TPSA) is 58.2 Å². The summed E-state index contributed by atoms with van der Waals surface area (Å²) in [7, 11) is 0. The van der Waals surface area contributed by atoms with Crippen molar-refractivity contribution in [1.29, 1.82) is 0 Å². The summed E-state index contributed by atoms with van der Waals surface area (Å²) in [6.07, 6.45) is 0.604. The number of rotatable bonds is 1. The summed E-state index contributed by atoms with van der Waals surface area (Å²) >= 11 is 3.48. The third-order valence-electron chi connectivity index (χ3n) is 4.58. The Morgan fingerprint density at radius 3 is 2.75 bits per heavy atom. The minimum atomic E-state index is -0.508. The van der Waals surface area contributed by atoms with Gasteiger partial charge in [0.15, 0.2) is 0 Å². The molecule has 1 aromatic carbocycles. The first kappa shape index (κ1) is 17.3. The van der Waals surface area contributed by atoms with Gasteiger partial charge in [0.2, 0.25) is 0 Å². The summed E-state index contributed by atoms with van der Waals surface area (Å²) in [5, 5.41) is 0. The van der Waals surface area contributed by atoms with Crippen LogP contribution in [0.3, 0.4) is 0 Å². The van der Waals surface area contributed by atoms with Gasteiger partial charge in [-0.25, -0.2) is 9.78 Å². The number of H-pyrrole nitrogens is 1. The molecular formula is C18H24BrN3O2. The molecule has 24 heavy (non-hydrogen) atoms. The van der Waals surface area contributed by atoms with E-state index in [4.69, 9.17) is 9.72 Å². The largest absolute Gasteiger partial charge is 0.444 e. The van der Waals surface area contributed by atoms with Crippen LogP contribution >= 0.6 is 15.9 Å². The molecule has 3 atom stereocenters. The molecule has 1 fully saturated rings. The van der Waals surface area contributed by atoms with E-state index in [1.807, 2.05) is 43.9 Å². The molecule has 0 unspecified atom stereocenters. The van der Waals surface area contributed by atoms with Gasteiger partial charge in [-0.3, -0.25) is 4.90 Å². The molecule has 0 saturated carbocycles. The van der Waals surface area contributed by atoms with Crippen molar-refractivity contribution in [3.05, 3.63) is 28.5 Å². The fourth-order valence-corrected chi connectivity index (χ4v) is 3.59. The summed E-state index contributed by atoms with van der Waals surface area (Å²) < 4.78 is 6.63. The first-order chi connectivity index (χ1) is 11.2. The molecule has 2 heterocycles. The van der Waals surface area contributed by atoms with Crippen LogP contribution in [0.4, 0.5) is 4.79 Å². The van der Waals surface area contributed by atoms with Crippen LogP contribution in [0.1, 0.15) is 52.9 Å². The lowest BCUT2D eigenvalue weighted by Crippen LogP contribution is -2.41. The van der Waals surface area contributed by atoms with E-state index in [1.165, 1.54) is 0 Å². The van der Waals surface area contributed by atoms with Gasteiger partial charge in [0.05, 0.1) is 17.1 Å². The smallest absolute Gasteiger partial charge is 0.411 e. The quantitative estimate of drug-likeness (QED) is 0.738. The number of ether oxygens (including phenoxy) is 1. The Morgan fingerprint density at radius 1 is 1.38 bits per heavy atom. The van der Waals surface area contributed by atoms with Gasteiger partial charge in [-0.15, -0.1) is 0 Å². The zero-order chi connectivity index (χ0) is 17.6. The second-order valence-electron chi connectivity index (χ2n) is 7.64. The molecule has 1 aliphatic heterocycles. The highest BCUT2D eigenvalue weighted by molar-refractivity contribution is 9.10. The van der Waals surface area contributed by atoms with Crippen LogP contribution in [-0.2, 0) is 4.74 Å². The molecule has 1 saturated heterocycles. The summed E-state index contributed by atoms with van der Waals surface area (Å²) in [5.41, 5.74) is 1.37. The van der Waals surface area contributed by atoms with Gasteiger partial charge < -0.3 is 9.72 Å². The molecule has 0 bridgehead atoms. The molecule has 2 aromatic rings. The van der Waals surface area contributed by atoms with Gasteiger partial charge in [-0.05, 0) is 58.2 Å². The number of benzene rings is 1. The Balaban J connectivity index is 1.95. The van der Waals surface area contributed by atoms with Crippen LogP contribution in [0.2, 0.25) is 0 Å². The number of hydrogen-bond donors (Lipinski definition) is 1. The summed E-state index contributed by atoms with van der Waals surface area (Å²) in [6.45, 7) is 9.92. The Kier molecular flexibility index (Phi) is 4.36. The summed E-state index contributed by atoms with van der Waals surface area (Å²) in [6, 6.07) is 5.98. The second kappa shape index (κ2) is 6.06. The molecular weight excluding hydrogens is 370 g/mol. The monoisotopic (exact) mass is 393 g/mol. The van der Waals surface area contributed by atoms with Crippen LogP contribution < -0.4 is 0 Å². The number of halogens is 1. The molecule has 1 N–H and O–H groups in total. The normalized spacial score (nSPS) is 24.6. The van der Waals surface area contributed by atoms with E-state index in [0.717, 1.165) is 27.8 Å². The average Bonchev–Trinajstić information content (AvgIpc) is 2.98. The van der Waals surface area contributed by atoms with E-state index in [0.29, 0.717) is 5.92 Å². The van der Waals surface area contributed by atoms with Crippen LogP contribution in [0.15, 0.2) is 22.7 Å². The van der Waals surface area contributed by atoms with Gasteiger partial charge in [0.25, 0.3) is 0 Å². The van der Waals surface area contributed by atoms with E-state index >= 15 is 0 Å². The van der Waals surface area contributed by atoms with Crippen molar-refractivity contribution in [3.8, 4) is 0 Å². The SMILES string of the molecule is C[C@@H]1C[C@@H](c2nc3ccc(Br)cc3[nH]2)N(C(=O)OC(C)(C)C)[C@@H]1C. The predicted octanol–water partition coefficient (Wildman–Crippen LogP) is 5.03. The van der Waals surface area contributed by atoms with Gasteiger partial charge >= 0.3 is 6.09 Å². The standard InChI is InChI=1S/C18H24BrN3O2/c1-10-8-15(22(11(10)2)17(23)24-18(3,4)5)16-20-13-7-6-12(19)9-14(13)21-16/h6-7,9-11,15H,8H2,1-5H3,(H,20,21)/t10-,11-,15+/m1/s1. The van der Waals surface area contributed by atoms with E-state index in [-0.39, 0.29) is 18.2 Å². The minimum Gasteiger partial charge on any atom is -0.444 e. The number of imidazole rings is 1. The fourth-order valence-electron chi connectivity index (χ4n) is 3.23. The molecule has 3 rings (SSSR count). The molecule has 5 nitrogen and oxygen atoms in total. The minimum absolute atomic E-state index is 0.0870. The summed E-state index contributed by atoms with van der Waals surface area (Å²) in [4.78, 5) is 22.6. The average molecular weight is 394 g/mol. The molecule has 1 aliphatic rings. The number of aromatic nitrogens is 2. The van der Waals surface area contributed by atoms with Crippen molar-refractivity contribution in [1.82, 2.24) is 14.9 Å². The van der Waals surface area contributed by atoms with Crippen molar-refractivity contribution in [2.75, 3.05) is 0 Å². The highest BCUT2D eigenvalue weighted by Crippen LogP contribution is 2.40. The molecule has 0 aliphatic carbocycles. The number of nitrogens with zero attached hydrogens (tertiary/aromatic N) is 2. The van der Waals surface area contributed by atoms with E-state index in [9.17, 15) is 4.79 Å². The van der Waals surface area contributed by atoms with Crippen molar-refractivity contribution < 1.29 is 9.53 Å². The van der Waals surface area contributed by atoms with Crippen molar-refractivity contribution in [2.45, 2.75) is 58.7 Å². The maximum absolute atomic E-state index is 12.7. The lowest BCUT2D eigenvalue weighted by Gasteiger charge is -2.31. The van der Waals surface area contributed by atoms with E-state index in [2.05, 4.69) is 34.8 Å². The lowest BCUT2D eigenvalue weighted by molar-refractivity contribution is 0.0140. The highest BCUT2D eigenvalue weighted by Gasteiger charge is 2.43. The zero-order valence-electron chi connectivity index (χ0n) is 14.8. The number of carbonyl (C=O) groups is 1. The fraction of sp³-hybridized carbons (Fsp3) is 0.556. The van der Waals surface area contributed by atoms with Gasteiger partial charge in [-0.1, -0.05) is 22.9 Å². The van der Waals surface area contributed by atoms with Gasteiger partial charge in [0.1, 0.15) is 11.4 Å². The molecule has 1 amide bonds. The molecule has 130 valence electrons. The van der Waals surface area contributed by atoms with Gasteiger partial charge in [0, 0.05) is 10.5 Å². The number of carbonyl (C=O) groups excluding carboxylic acids is 1. The Labute approximate surface area is 150 Å². The second-order valence-corrected chi connectivity index (χ2v) is 8.56. The molecule has 0 spiro atoms. The summed E-state index contributed by atoms with van der Waals surface area (Å²) in [5.74, 6) is 1.22. The van der Waals surface area contributed by atoms with Crippen LogP contribution in [0, 0.1) is 5.92 Å². The van der Waals surface area contributed by atoms with Crippen LogP contribution in [0.25, 0.3) is 11.0 Å². The third-order valence-corrected chi connectivity index (χ3v) is 5.07. The Morgan fingerprint density at radius 2 is 2.08 bits per heavy atom. The van der Waals surface area contributed by atoms with E-state index in [1.54, 1.807) is 0 Å². The van der Waals surface area contributed by atoms with Crippen molar-refractivity contribution in [2.24, 2.45) is 5.92 Å². The third kappa shape index (κ3) is 3.29. The van der Waals surface area contributed by atoms with Crippen molar-refractivity contribution >= 4 is 33.1 Å². The molecule has 1 aromatic heterocycles. The molecule has 6 heteroatoms. The maximum Gasteiger partial charge on any atom is 0.411 e. The van der Waals surface area contributed by atoms with Gasteiger partial charge in [-0.2, -0.15) is 0 Å². The number of nitrogens with one attached hydrogen (secondary N) is 1. The zero-order valence-corrected chi connectivity index (χ0v) is 16.3. The first-order valence-electron chi connectivity index (χ1n) is 8.32. The highest BCUT2D eigenvalue weighted by atomic mass is 79.9. The number of aromatic amines is 1. The number of hydrogen-bond acceptors (Lipinski definition) is 3. The first-order valence-corrected chi connectivity index (χ1v) is 9.11. The Bertz CT molecular complexity index is 765. The number of likely N-dealkylation sites (tertiary alicyclic amines) is 1. The van der Waals surface area contributed by atoms with E-state index < -0.39 is 5.60 Å².